The van der Waals surface area contributed by atoms with Gasteiger partial charge in [0.2, 0.25) is 11.8 Å². The first kappa shape index (κ1) is 31.3. The monoisotopic (exact) mass is 605 g/mol. The molecule has 0 bridgehead atoms. The minimum atomic E-state index is -0.669. The number of urea groups is 1. The van der Waals surface area contributed by atoms with Crippen LogP contribution in [0.5, 0.6) is 11.5 Å². The largest absolute Gasteiger partial charge is 0.455 e. The summed E-state index contributed by atoms with van der Waals surface area (Å²) in [6.07, 6.45) is 1.32. The number of nitrogens with two attached hydrogens (primary N) is 1. The fourth-order valence-corrected chi connectivity index (χ4v) is 5.40. The van der Waals surface area contributed by atoms with Crippen LogP contribution in [0.15, 0.2) is 97.1 Å². The summed E-state index contributed by atoms with van der Waals surface area (Å²) in [5.41, 5.74) is 10.6. The predicted octanol–water partition coefficient (Wildman–Crippen LogP) is 5.99. The van der Waals surface area contributed by atoms with Crippen molar-refractivity contribution in [1.82, 2.24) is 10.6 Å². The lowest BCUT2D eigenvalue weighted by Crippen LogP contribution is -2.49. The Labute approximate surface area is 263 Å². The van der Waals surface area contributed by atoms with Gasteiger partial charge < -0.3 is 31.3 Å². The van der Waals surface area contributed by atoms with E-state index in [1.165, 1.54) is 0 Å². The summed E-state index contributed by atoms with van der Waals surface area (Å²) in [5.74, 6) is 0.770. The summed E-state index contributed by atoms with van der Waals surface area (Å²) >= 11 is 0. The van der Waals surface area contributed by atoms with Crippen molar-refractivity contribution >= 4 is 29.2 Å². The van der Waals surface area contributed by atoms with Crippen molar-refractivity contribution < 1.29 is 19.1 Å². The molecule has 4 aromatic carbocycles. The van der Waals surface area contributed by atoms with E-state index < -0.39 is 11.6 Å². The molecule has 45 heavy (non-hydrogen) atoms. The van der Waals surface area contributed by atoms with Crippen molar-refractivity contribution in [2.45, 2.75) is 51.2 Å². The number of anilines is 2. The third-order valence-corrected chi connectivity index (χ3v) is 7.58. The first-order valence-corrected chi connectivity index (χ1v) is 15.0. The molecule has 232 valence electrons. The number of carbonyl (C=O) groups excluding carboxylic acids is 3. The highest BCUT2D eigenvalue weighted by Crippen LogP contribution is 2.36. The number of amides is 4. The second-order valence-corrected chi connectivity index (χ2v) is 11.9. The van der Waals surface area contributed by atoms with Crippen LogP contribution in [0.25, 0.3) is 11.1 Å². The van der Waals surface area contributed by atoms with Crippen LogP contribution in [-0.2, 0) is 22.6 Å². The van der Waals surface area contributed by atoms with Gasteiger partial charge in [0.15, 0.2) is 5.75 Å². The van der Waals surface area contributed by atoms with Crippen molar-refractivity contribution in [2.75, 3.05) is 17.3 Å². The van der Waals surface area contributed by atoms with Crippen molar-refractivity contribution in [3.05, 3.63) is 108 Å². The molecule has 4 aromatic rings. The molecule has 1 heterocycles. The van der Waals surface area contributed by atoms with Gasteiger partial charge >= 0.3 is 6.03 Å². The molecular formula is C36H39N5O4. The summed E-state index contributed by atoms with van der Waals surface area (Å²) in [5, 5.41) is 8.28. The smallest absolute Gasteiger partial charge is 0.319 e. The third kappa shape index (κ3) is 7.87. The molecule has 1 aliphatic heterocycles. The molecular weight excluding hydrogens is 566 g/mol. The van der Waals surface area contributed by atoms with Gasteiger partial charge in [0.25, 0.3) is 0 Å². The number of para-hydroxylation sites is 4. The zero-order chi connectivity index (χ0) is 32.0. The summed E-state index contributed by atoms with van der Waals surface area (Å²) in [6, 6.07) is 29.9. The fourth-order valence-electron chi connectivity index (χ4n) is 5.40. The molecule has 4 amide bonds. The molecule has 0 radical (unpaired) electrons. The summed E-state index contributed by atoms with van der Waals surface area (Å²) in [6.45, 7) is 3.93. The second-order valence-electron chi connectivity index (χ2n) is 11.9. The first-order chi connectivity index (χ1) is 21.6. The van der Waals surface area contributed by atoms with Crippen molar-refractivity contribution in [3.8, 4) is 22.6 Å². The van der Waals surface area contributed by atoms with Crippen LogP contribution in [-0.4, -0.2) is 36.5 Å². The highest BCUT2D eigenvalue weighted by Gasteiger charge is 2.32. The Balaban J connectivity index is 1.37. The first-order valence-electron chi connectivity index (χ1n) is 15.0. The molecule has 1 atom stereocenters. The molecule has 0 fully saturated rings. The van der Waals surface area contributed by atoms with Crippen molar-refractivity contribution in [1.29, 1.82) is 0 Å². The minimum Gasteiger partial charge on any atom is -0.455 e. The van der Waals surface area contributed by atoms with E-state index in [4.69, 9.17) is 10.5 Å². The molecule has 0 saturated heterocycles. The lowest BCUT2D eigenvalue weighted by atomic mass is 10.0. The van der Waals surface area contributed by atoms with Gasteiger partial charge in [0.1, 0.15) is 11.8 Å². The van der Waals surface area contributed by atoms with Crippen LogP contribution in [0.2, 0.25) is 0 Å². The number of nitrogens with one attached hydrogen (secondary N) is 3. The summed E-state index contributed by atoms with van der Waals surface area (Å²) < 4.78 is 6.30. The van der Waals surface area contributed by atoms with E-state index in [1.54, 1.807) is 37.9 Å². The number of benzene rings is 4. The molecule has 5 rings (SSSR count). The van der Waals surface area contributed by atoms with Crippen LogP contribution in [0.4, 0.5) is 16.2 Å². The molecule has 1 aliphatic rings. The number of rotatable bonds is 9. The molecule has 0 spiro atoms. The maximum Gasteiger partial charge on any atom is 0.319 e. The Bertz CT molecular complexity index is 1680. The number of ether oxygens (including phenoxy) is 1. The maximum absolute atomic E-state index is 13.9. The Morgan fingerprint density at radius 2 is 1.58 bits per heavy atom. The minimum absolute atomic E-state index is 0.131. The zero-order valence-corrected chi connectivity index (χ0v) is 25.8. The standard InChI is InChI=1S/C36H39N5O4/c1-36(2,37)22-33(42)39-29-21-20-26-10-4-7-13-30(26)41(34(29)43)23-24-16-18-25(19-17-24)27-11-5-8-14-31(27)45-32-15-9-6-12-28(32)40-35(44)38-3/h4-19,29H,20-23,37H2,1-3H3,(H,39,42)(H2,38,40,44)/t29-/m1/s1. The molecule has 9 nitrogen and oxygen atoms in total. The van der Waals surface area contributed by atoms with E-state index in [2.05, 4.69) is 16.0 Å². The van der Waals surface area contributed by atoms with Gasteiger partial charge in [-0.05, 0) is 67.6 Å². The normalized spacial score (nSPS) is 14.6. The van der Waals surface area contributed by atoms with E-state index in [1.807, 2.05) is 84.9 Å². The molecule has 0 saturated carbocycles. The molecule has 9 heteroatoms. The predicted molar refractivity (Wildman–Crippen MR) is 177 cm³/mol. The van der Waals surface area contributed by atoms with Crippen LogP contribution < -0.4 is 31.3 Å². The van der Waals surface area contributed by atoms with Gasteiger partial charge in [-0.15, -0.1) is 0 Å². The van der Waals surface area contributed by atoms with Gasteiger partial charge in [-0.1, -0.05) is 72.8 Å². The Kier molecular flexibility index (Phi) is 9.49. The topological polar surface area (TPSA) is 126 Å². The van der Waals surface area contributed by atoms with E-state index in [9.17, 15) is 14.4 Å². The van der Waals surface area contributed by atoms with E-state index >= 15 is 0 Å². The number of hydrogen-bond acceptors (Lipinski definition) is 5. The average molecular weight is 606 g/mol. The lowest BCUT2D eigenvalue weighted by Gasteiger charge is -2.27. The van der Waals surface area contributed by atoms with E-state index in [0.29, 0.717) is 36.6 Å². The molecule has 0 aromatic heterocycles. The van der Waals surface area contributed by atoms with Gasteiger partial charge in [0, 0.05) is 30.3 Å². The van der Waals surface area contributed by atoms with Gasteiger partial charge in [-0.2, -0.15) is 0 Å². The molecule has 0 aliphatic carbocycles. The lowest BCUT2D eigenvalue weighted by molar-refractivity contribution is -0.128. The average Bonchev–Trinajstić information content (AvgIpc) is 3.14. The number of aryl methyl sites for hydroxylation is 1. The summed E-state index contributed by atoms with van der Waals surface area (Å²) in [4.78, 5) is 40.3. The van der Waals surface area contributed by atoms with Crippen LogP contribution in [0.1, 0.15) is 37.8 Å². The maximum atomic E-state index is 13.9. The van der Waals surface area contributed by atoms with Crippen molar-refractivity contribution in [3.63, 3.8) is 0 Å². The Morgan fingerprint density at radius 1 is 0.911 bits per heavy atom. The Hall–Kier alpha value is -5.15. The number of nitrogens with zero attached hydrogens (tertiary/aromatic N) is 1. The van der Waals surface area contributed by atoms with Crippen LogP contribution in [0.3, 0.4) is 0 Å². The number of carbonyl (C=O) groups is 3. The van der Waals surface area contributed by atoms with Gasteiger partial charge in [0.05, 0.1) is 12.2 Å². The van der Waals surface area contributed by atoms with Gasteiger partial charge in [-0.3, -0.25) is 9.59 Å². The zero-order valence-electron chi connectivity index (χ0n) is 25.8. The molecule has 5 N–H and O–H groups in total. The quantitative estimate of drug-likeness (QED) is 0.187. The van der Waals surface area contributed by atoms with E-state index in [-0.39, 0.29) is 24.3 Å². The number of fused-ring (bicyclic) bond motifs is 1. The SMILES string of the molecule is CNC(=O)Nc1ccccc1Oc1ccccc1-c1ccc(CN2C(=O)[C@H](NC(=O)CC(C)(C)N)CCc3ccccc32)cc1. The van der Waals surface area contributed by atoms with Crippen LogP contribution in [0, 0.1) is 0 Å². The van der Waals surface area contributed by atoms with Crippen molar-refractivity contribution in [2.24, 2.45) is 5.73 Å². The highest BCUT2D eigenvalue weighted by molar-refractivity contribution is 6.00. The Morgan fingerprint density at radius 3 is 2.31 bits per heavy atom. The van der Waals surface area contributed by atoms with Crippen LogP contribution >= 0.6 is 0 Å². The second kappa shape index (κ2) is 13.7. The molecule has 0 unspecified atom stereocenters. The number of hydrogen-bond donors (Lipinski definition) is 4. The fraction of sp³-hybridized carbons (Fsp3) is 0.250. The highest BCUT2D eigenvalue weighted by atomic mass is 16.5. The third-order valence-electron chi connectivity index (χ3n) is 7.58. The summed E-state index contributed by atoms with van der Waals surface area (Å²) in [7, 11) is 1.55. The van der Waals surface area contributed by atoms with E-state index in [0.717, 1.165) is 27.9 Å². The van der Waals surface area contributed by atoms with Gasteiger partial charge in [-0.25, -0.2) is 4.79 Å².